The highest BCUT2D eigenvalue weighted by atomic mass is 35.5. The van der Waals surface area contributed by atoms with Crippen LogP contribution in [0.1, 0.15) is 44.6 Å². The molecule has 2 aromatic carbocycles. The van der Waals surface area contributed by atoms with Gasteiger partial charge in [0, 0.05) is 24.7 Å². The van der Waals surface area contributed by atoms with E-state index in [9.17, 15) is 13.2 Å². The predicted octanol–water partition coefficient (Wildman–Crippen LogP) is 4.49. The molecule has 2 aliphatic heterocycles. The second-order valence-corrected chi connectivity index (χ2v) is 11.4. The third-order valence-electron chi connectivity index (χ3n) is 6.59. The predicted molar refractivity (Wildman–Crippen MR) is 135 cm³/mol. The van der Waals surface area contributed by atoms with Gasteiger partial charge in [0.2, 0.25) is 10.0 Å². The van der Waals surface area contributed by atoms with Gasteiger partial charge in [0.05, 0.1) is 11.5 Å². The van der Waals surface area contributed by atoms with Crippen molar-refractivity contribution in [3.05, 3.63) is 59.1 Å². The lowest BCUT2D eigenvalue weighted by Gasteiger charge is -2.34. The van der Waals surface area contributed by atoms with E-state index in [2.05, 4.69) is 4.90 Å². The molecule has 7 nitrogen and oxygen atoms in total. The van der Waals surface area contributed by atoms with Crippen LogP contribution in [0.15, 0.2) is 53.4 Å². The number of halogens is 1. The first-order chi connectivity index (χ1) is 16.9. The van der Waals surface area contributed by atoms with Crippen LogP contribution < -0.4 is 4.74 Å². The van der Waals surface area contributed by atoms with Crippen LogP contribution in [-0.2, 0) is 26.1 Å². The quantitative estimate of drug-likeness (QED) is 0.477. The molecule has 0 saturated carbocycles. The van der Waals surface area contributed by atoms with Crippen molar-refractivity contribution in [2.24, 2.45) is 0 Å². The number of sulfonamides is 1. The van der Waals surface area contributed by atoms with Crippen LogP contribution in [0.2, 0.25) is 5.02 Å². The molecule has 0 bridgehead atoms. The number of hydrogen-bond donors (Lipinski definition) is 0. The van der Waals surface area contributed by atoms with Crippen LogP contribution >= 0.6 is 11.6 Å². The van der Waals surface area contributed by atoms with Crippen molar-refractivity contribution < 1.29 is 22.7 Å². The Morgan fingerprint density at radius 1 is 1.03 bits per heavy atom. The maximum Gasteiger partial charge on any atom is 0.323 e. The topological polar surface area (TPSA) is 76.2 Å². The minimum absolute atomic E-state index is 0.0571. The van der Waals surface area contributed by atoms with Crippen molar-refractivity contribution in [2.45, 2.75) is 62.6 Å². The van der Waals surface area contributed by atoms with Crippen molar-refractivity contribution in [3.63, 3.8) is 0 Å². The maximum atomic E-state index is 12.9. The second kappa shape index (κ2) is 11.7. The minimum Gasteiger partial charge on any atom is -0.490 e. The van der Waals surface area contributed by atoms with Crippen molar-refractivity contribution in [1.29, 1.82) is 0 Å². The van der Waals surface area contributed by atoms with E-state index in [-0.39, 0.29) is 23.0 Å². The largest absolute Gasteiger partial charge is 0.490 e. The summed E-state index contributed by atoms with van der Waals surface area (Å²) in [5.74, 6) is 0.627. The van der Waals surface area contributed by atoms with Gasteiger partial charge in [0.25, 0.3) is 0 Å². The van der Waals surface area contributed by atoms with E-state index >= 15 is 0 Å². The summed E-state index contributed by atoms with van der Waals surface area (Å²) in [6.07, 6.45) is 4.10. The number of benzene rings is 2. The van der Waals surface area contributed by atoms with Crippen LogP contribution in [0.4, 0.5) is 0 Å². The molecule has 1 atom stereocenters. The molecule has 9 heteroatoms. The summed E-state index contributed by atoms with van der Waals surface area (Å²) in [6, 6.07) is 14.1. The van der Waals surface area contributed by atoms with E-state index < -0.39 is 10.0 Å². The highest BCUT2D eigenvalue weighted by Gasteiger charge is 2.31. The maximum absolute atomic E-state index is 12.9. The van der Waals surface area contributed by atoms with Gasteiger partial charge in [-0.1, -0.05) is 36.2 Å². The Balaban J connectivity index is 1.34. The van der Waals surface area contributed by atoms with Gasteiger partial charge in [0.15, 0.2) is 0 Å². The molecule has 35 heavy (non-hydrogen) atoms. The van der Waals surface area contributed by atoms with Gasteiger partial charge in [0.1, 0.15) is 17.9 Å². The summed E-state index contributed by atoms with van der Waals surface area (Å²) in [5.41, 5.74) is 1.08. The lowest BCUT2D eigenvalue weighted by molar-refractivity contribution is -0.151. The number of piperidine rings is 2. The van der Waals surface area contributed by atoms with Crippen molar-refractivity contribution in [3.8, 4) is 5.75 Å². The van der Waals surface area contributed by atoms with Crippen LogP contribution in [-0.4, -0.2) is 62.0 Å². The number of likely N-dealkylation sites (tertiary alicyclic amines) is 1. The van der Waals surface area contributed by atoms with Gasteiger partial charge in [-0.25, -0.2) is 8.42 Å². The Morgan fingerprint density at radius 2 is 1.80 bits per heavy atom. The molecule has 2 aliphatic rings. The lowest BCUT2D eigenvalue weighted by atomic mass is 10.0. The third kappa shape index (κ3) is 6.55. The molecule has 2 heterocycles. The van der Waals surface area contributed by atoms with Gasteiger partial charge >= 0.3 is 5.97 Å². The van der Waals surface area contributed by atoms with E-state index in [1.54, 1.807) is 18.2 Å². The van der Waals surface area contributed by atoms with Crippen molar-refractivity contribution in [1.82, 2.24) is 9.21 Å². The summed E-state index contributed by atoms with van der Waals surface area (Å²) in [4.78, 5) is 14.8. The SMILES string of the molecule is CCOC(=O)C1CCCCN1Cc1cccc(OC2CCN(S(=O)(=O)c3cccc(Cl)c3)CC2)c1. The number of carbonyl (C=O) groups excluding carboxylic acids is 1. The zero-order chi connectivity index (χ0) is 24.8. The van der Waals surface area contributed by atoms with Crippen LogP contribution in [0, 0.1) is 0 Å². The summed E-state index contributed by atoms with van der Waals surface area (Å²) < 4.78 is 38.9. The van der Waals surface area contributed by atoms with E-state index in [4.69, 9.17) is 21.1 Å². The Morgan fingerprint density at radius 3 is 2.54 bits per heavy atom. The molecular formula is C26H33ClN2O5S. The van der Waals surface area contributed by atoms with Crippen molar-refractivity contribution >= 4 is 27.6 Å². The average Bonchev–Trinajstić information content (AvgIpc) is 2.85. The fourth-order valence-corrected chi connectivity index (χ4v) is 6.57. The normalized spacial score (nSPS) is 20.5. The molecule has 1 unspecified atom stereocenters. The molecule has 0 radical (unpaired) electrons. The van der Waals surface area contributed by atoms with Gasteiger partial charge < -0.3 is 9.47 Å². The number of ether oxygens (including phenoxy) is 2. The molecule has 2 fully saturated rings. The van der Waals surface area contributed by atoms with Crippen LogP contribution in [0.3, 0.4) is 0 Å². The Labute approximate surface area is 213 Å². The molecule has 0 aromatic heterocycles. The Kier molecular flexibility index (Phi) is 8.70. The summed E-state index contributed by atoms with van der Waals surface area (Å²) in [5, 5.41) is 0.405. The Hall–Kier alpha value is -2.13. The number of rotatable bonds is 8. The molecule has 0 N–H and O–H groups in total. The van der Waals surface area contributed by atoms with Crippen LogP contribution in [0.25, 0.3) is 0 Å². The smallest absolute Gasteiger partial charge is 0.323 e. The molecule has 190 valence electrons. The molecule has 0 aliphatic carbocycles. The number of nitrogens with zero attached hydrogens (tertiary/aromatic N) is 2. The first-order valence-electron chi connectivity index (χ1n) is 12.3. The molecule has 0 spiro atoms. The minimum atomic E-state index is -3.57. The zero-order valence-corrected chi connectivity index (χ0v) is 21.6. The fourth-order valence-electron chi connectivity index (χ4n) is 4.80. The van der Waals surface area contributed by atoms with Gasteiger partial charge in [-0.2, -0.15) is 4.31 Å². The number of carbonyl (C=O) groups is 1. The second-order valence-electron chi connectivity index (χ2n) is 9.06. The van der Waals surface area contributed by atoms with Crippen molar-refractivity contribution in [2.75, 3.05) is 26.2 Å². The van der Waals surface area contributed by atoms with Gasteiger partial charge in [-0.05, 0) is 75.0 Å². The summed E-state index contributed by atoms with van der Waals surface area (Å²) in [7, 11) is -3.57. The monoisotopic (exact) mass is 520 g/mol. The molecular weight excluding hydrogens is 488 g/mol. The molecule has 0 amide bonds. The summed E-state index contributed by atoms with van der Waals surface area (Å²) >= 11 is 5.99. The highest BCUT2D eigenvalue weighted by Crippen LogP contribution is 2.27. The van der Waals surface area contributed by atoms with E-state index in [0.29, 0.717) is 44.1 Å². The number of esters is 1. The standard InChI is InChI=1S/C26H33ClN2O5S/c1-2-33-26(30)25-11-3-4-14-28(25)19-20-7-5-9-23(17-20)34-22-12-15-29(16-13-22)35(31,32)24-10-6-8-21(27)18-24/h5-10,17-18,22,25H,2-4,11-16,19H2,1H3. The van der Waals surface area contributed by atoms with Gasteiger partial charge in [-0.15, -0.1) is 0 Å². The first-order valence-corrected chi connectivity index (χ1v) is 14.1. The number of hydrogen-bond acceptors (Lipinski definition) is 6. The van der Waals surface area contributed by atoms with Gasteiger partial charge in [-0.3, -0.25) is 9.69 Å². The Bertz CT molecular complexity index is 1120. The lowest BCUT2D eigenvalue weighted by Crippen LogP contribution is -2.44. The molecule has 4 rings (SSSR count). The zero-order valence-electron chi connectivity index (χ0n) is 20.1. The third-order valence-corrected chi connectivity index (χ3v) is 8.72. The highest BCUT2D eigenvalue weighted by molar-refractivity contribution is 7.89. The molecule has 2 aromatic rings. The van der Waals surface area contributed by atoms with E-state index in [0.717, 1.165) is 37.1 Å². The van der Waals surface area contributed by atoms with E-state index in [1.165, 1.54) is 10.4 Å². The molecule has 2 saturated heterocycles. The van der Waals surface area contributed by atoms with E-state index in [1.807, 2.05) is 31.2 Å². The first kappa shape index (κ1) is 25.9. The fraction of sp³-hybridized carbons (Fsp3) is 0.500. The van der Waals surface area contributed by atoms with Crippen LogP contribution in [0.5, 0.6) is 5.75 Å². The summed E-state index contributed by atoms with van der Waals surface area (Å²) in [6.45, 7) is 4.56. The average molecular weight is 521 g/mol.